The zero-order valence-electron chi connectivity index (χ0n) is 12.2. The largest absolute Gasteiger partial charge is 0.375 e. The van der Waals surface area contributed by atoms with Crippen molar-refractivity contribution in [2.45, 2.75) is 52.7 Å². The molecule has 1 rings (SSSR count). The molecule has 1 amide bonds. The molecule has 1 heterocycles. The van der Waals surface area contributed by atoms with E-state index < -0.39 is 0 Å². The molecule has 0 bridgehead atoms. The van der Waals surface area contributed by atoms with Crippen molar-refractivity contribution in [2.75, 3.05) is 19.7 Å². The first-order chi connectivity index (χ1) is 8.43. The first-order valence-electron chi connectivity index (χ1n) is 7.05. The summed E-state index contributed by atoms with van der Waals surface area (Å²) in [6.07, 6.45) is 1.74. The van der Waals surface area contributed by atoms with E-state index in [0.29, 0.717) is 38.0 Å². The highest BCUT2D eigenvalue weighted by atomic mass is 16.5. The summed E-state index contributed by atoms with van der Waals surface area (Å²) in [5.41, 5.74) is 5.77. The van der Waals surface area contributed by atoms with Crippen LogP contribution in [-0.2, 0) is 9.53 Å². The molecule has 1 aliphatic rings. The molecule has 0 saturated carbocycles. The van der Waals surface area contributed by atoms with Crippen molar-refractivity contribution in [3.63, 3.8) is 0 Å². The highest BCUT2D eigenvalue weighted by Crippen LogP contribution is 2.19. The molecule has 4 nitrogen and oxygen atoms in total. The topological polar surface area (TPSA) is 55.6 Å². The van der Waals surface area contributed by atoms with E-state index in [4.69, 9.17) is 10.5 Å². The van der Waals surface area contributed by atoms with Crippen LogP contribution in [0, 0.1) is 11.8 Å². The third-order valence-corrected chi connectivity index (χ3v) is 3.53. The van der Waals surface area contributed by atoms with Crippen LogP contribution >= 0.6 is 0 Å². The fourth-order valence-corrected chi connectivity index (χ4v) is 2.54. The zero-order valence-corrected chi connectivity index (χ0v) is 12.2. The smallest absolute Gasteiger partial charge is 0.223 e. The van der Waals surface area contributed by atoms with E-state index in [1.54, 1.807) is 0 Å². The zero-order chi connectivity index (χ0) is 13.7. The molecule has 1 fully saturated rings. The van der Waals surface area contributed by atoms with Crippen molar-refractivity contribution in [1.82, 2.24) is 4.90 Å². The van der Waals surface area contributed by atoms with Crippen LogP contribution in [0.1, 0.15) is 40.5 Å². The van der Waals surface area contributed by atoms with E-state index in [-0.39, 0.29) is 18.1 Å². The molecular formula is C14H28N2O2. The molecule has 4 heteroatoms. The van der Waals surface area contributed by atoms with E-state index in [0.717, 1.165) is 6.42 Å². The Bertz CT molecular complexity index is 269. The molecule has 2 N–H and O–H groups in total. The summed E-state index contributed by atoms with van der Waals surface area (Å²) in [6, 6.07) is 0.186. The van der Waals surface area contributed by atoms with Crippen LogP contribution in [0.25, 0.3) is 0 Å². The lowest BCUT2D eigenvalue weighted by atomic mass is 9.93. The molecule has 0 aliphatic carbocycles. The summed E-state index contributed by atoms with van der Waals surface area (Å²) in [5.74, 6) is 1.13. The molecule has 18 heavy (non-hydrogen) atoms. The van der Waals surface area contributed by atoms with E-state index in [1.807, 2.05) is 18.7 Å². The number of ether oxygens (including phenoxy) is 1. The summed E-state index contributed by atoms with van der Waals surface area (Å²) in [5, 5.41) is 0. The Balaban J connectivity index is 2.51. The number of hydrogen-bond donors (Lipinski definition) is 1. The first kappa shape index (κ1) is 15.4. The second-order valence-electron chi connectivity index (χ2n) is 5.97. The van der Waals surface area contributed by atoms with Crippen LogP contribution in [-0.4, -0.2) is 42.6 Å². The Morgan fingerprint density at radius 3 is 2.67 bits per heavy atom. The van der Waals surface area contributed by atoms with Crippen LogP contribution in [0.3, 0.4) is 0 Å². The number of nitrogens with two attached hydrogens (primary N) is 1. The molecule has 3 unspecified atom stereocenters. The van der Waals surface area contributed by atoms with Crippen LogP contribution in [0.15, 0.2) is 0 Å². The Labute approximate surface area is 111 Å². The Hall–Kier alpha value is -0.610. The number of morpholine rings is 1. The fourth-order valence-electron chi connectivity index (χ4n) is 2.54. The standard InChI is InChI=1S/C14H28N2O2/c1-10(2)5-13(7-15)6-14(17)16-8-12(4)18-9-11(16)3/h10-13H,5-9,15H2,1-4H3. The molecule has 1 aliphatic heterocycles. The molecule has 0 aromatic rings. The average molecular weight is 256 g/mol. The molecule has 0 spiro atoms. The van der Waals surface area contributed by atoms with Gasteiger partial charge in [-0.25, -0.2) is 0 Å². The van der Waals surface area contributed by atoms with Crippen molar-refractivity contribution >= 4 is 5.91 Å². The van der Waals surface area contributed by atoms with Gasteiger partial charge in [-0.05, 0) is 38.6 Å². The SMILES string of the molecule is CC(C)CC(CN)CC(=O)N1CC(C)OCC1C. The number of rotatable bonds is 5. The first-order valence-corrected chi connectivity index (χ1v) is 7.05. The number of amides is 1. The molecular weight excluding hydrogens is 228 g/mol. The minimum absolute atomic E-state index is 0.145. The molecule has 106 valence electrons. The maximum absolute atomic E-state index is 12.3. The number of carbonyl (C=O) groups is 1. The van der Waals surface area contributed by atoms with Crippen LogP contribution in [0.2, 0.25) is 0 Å². The van der Waals surface area contributed by atoms with Gasteiger partial charge < -0.3 is 15.4 Å². The van der Waals surface area contributed by atoms with Crippen LogP contribution in [0.5, 0.6) is 0 Å². The van der Waals surface area contributed by atoms with Gasteiger partial charge in [-0.3, -0.25) is 4.79 Å². The number of carbonyl (C=O) groups excluding carboxylic acids is 1. The van der Waals surface area contributed by atoms with Gasteiger partial charge in [-0.15, -0.1) is 0 Å². The van der Waals surface area contributed by atoms with E-state index in [2.05, 4.69) is 13.8 Å². The third kappa shape index (κ3) is 4.58. The number of nitrogens with zero attached hydrogens (tertiary/aromatic N) is 1. The second-order valence-corrected chi connectivity index (χ2v) is 5.97. The second kappa shape index (κ2) is 7.10. The van der Waals surface area contributed by atoms with Gasteiger partial charge in [0.15, 0.2) is 0 Å². The predicted molar refractivity (Wildman–Crippen MR) is 73.2 cm³/mol. The maximum atomic E-state index is 12.3. The maximum Gasteiger partial charge on any atom is 0.223 e. The summed E-state index contributed by atoms with van der Waals surface area (Å²) < 4.78 is 5.55. The van der Waals surface area contributed by atoms with E-state index in [9.17, 15) is 4.79 Å². The summed E-state index contributed by atoms with van der Waals surface area (Å²) in [7, 11) is 0. The lowest BCUT2D eigenvalue weighted by Crippen LogP contribution is -2.50. The molecule has 0 aromatic carbocycles. The quantitative estimate of drug-likeness (QED) is 0.813. The van der Waals surface area contributed by atoms with Crippen molar-refractivity contribution in [3.05, 3.63) is 0 Å². The summed E-state index contributed by atoms with van der Waals surface area (Å²) in [6.45, 7) is 10.4. The fraction of sp³-hybridized carbons (Fsp3) is 0.929. The molecule has 0 radical (unpaired) electrons. The summed E-state index contributed by atoms with van der Waals surface area (Å²) >= 11 is 0. The van der Waals surface area contributed by atoms with Crippen LogP contribution < -0.4 is 5.73 Å². The Morgan fingerprint density at radius 1 is 1.44 bits per heavy atom. The molecule has 3 atom stereocenters. The van der Waals surface area contributed by atoms with Gasteiger partial charge in [0, 0.05) is 13.0 Å². The number of hydrogen-bond acceptors (Lipinski definition) is 3. The van der Waals surface area contributed by atoms with Crippen molar-refractivity contribution in [1.29, 1.82) is 0 Å². The molecule has 0 aromatic heterocycles. The van der Waals surface area contributed by atoms with Gasteiger partial charge in [-0.1, -0.05) is 13.8 Å². The normalized spacial score (nSPS) is 26.4. The monoisotopic (exact) mass is 256 g/mol. The minimum Gasteiger partial charge on any atom is -0.375 e. The van der Waals surface area contributed by atoms with Crippen molar-refractivity contribution in [3.8, 4) is 0 Å². The minimum atomic E-state index is 0.145. The highest BCUT2D eigenvalue weighted by Gasteiger charge is 2.28. The summed E-state index contributed by atoms with van der Waals surface area (Å²) in [4.78, 5) is 14.3. The molecule has 1 saturated heterocycles. The third-order valence-electron chi connectivity index (χ3n) is 3.53. The van der Waals surface area contributed by atoms with Gasteiger partial charge in [-0.2, -0.15) is 0 Å². The van der Waals surface area contributed by atoms with Gasteiger partial charge in [0.25, 0.3) is 0 Å². The lowest BCUT2D eigenvalue weighted by molar-refractivity contribution is -0.144. The van der Waals surface area contributed by atoms with E-state index >= 15 is 0 Å². The van der Waals surface area contributed by atoms with Crippen molar-refractivity contribution < 1.29 is 9.53 Å². The predicted octanol–water partition coefficient (Wildman–Crippen LogP) is 1.63. The van der Waals surface area contributed by atoms with E-state index in [1.165, 1.54) is 0 Å². The van der Waals surface area contributed by atoms with Gasteiger partial charge >= 0.3 is 0 Å². The highest BCUT2D eigenvalue weighted by molar-refractivity contribution is 5.77. The van der Waals surface area contributed by atoms with Gasteiger partial charge in [0.1, 0.15) is 0 Å². The van der Waals surface area contributed by atoms with Crippen molar-refractivity contribution in [2.24, 2.45) is 17.6 Å². The van der Waals surface area contributed by atoms with Gasteiger partial charge in [0.05, 0.1) is 18.8 Å². The Morgan fingerprint density at radius 2 is 2.11 bits per heavy atom. The lowest BCUT2D eigenvalue weighted by Gasteiger charge is -2.37. The average Bonchev–Trinajstić information content (AvgIpc) is 2.30. The Kier molecular flexibility index (Phi) is 6.09. The van der Waals surface area contributed by atoms with Crippen LogP contribution in [0.4, 0.5) is 0 Å². The van der Waals surface area contributed by atoms with Gasteiger partial charge in [0.2, 0.25) is 5.91 Å².